The largest absolute Gasteiger partial charge is 0.316 e. The number of sulfonamides is 1. The minimum absolute atomic E-state index is 0.0835. The molecule has 0 bridgehead atoms. The summed E-state index contributed by atoms with van der Waals surface area (Å²) < 4.78 is 32.0. The van der Waals surface area contributed by atoms with E-state index in [0.717, 1.165) is 33.3 Å². The molecule has 0 amide bonds. The molecule has 1 aliphatic heterocycles. The molecule has 0 aliphatic carbocycles. The van der Waals surface area contributed by atoms with Crippen LogP contribution < -0.4 is 5.56 Å². The number of rotatable bonds is 6. The highest BCUT2D eigenvalue weighted by Crippen LogP contribution is 2.42. The van der Waals surface area contributed by atoms with Crippen LogP contribution in [0, 0.1) is 6.92 Å². The second-order valence-corrected chi connectivity index (χ2v) is 12.2. The molecule has 2 aromatic carbocycles. The van der Waals surface area contributed by atoms with Gasteiger partial charge < -0.3 is 4.57 Å². The Balaban J connectivity index is 1.45. The van der Waals surface area contributed by atoms with Gasteiger partial charge >= 0.3 is 0 Å². The van der Waals surface area contributed by atoms with Crippen LogP contribution in [0.3, 0.4) is 0 Å². The minimum atomic E-state index is -3.72. The number of hydrogen-bond donors (Lipinski definition) is 0. The summed E-state index contributed by atoms with van der Waals surface area (Å²) in [4.78, 5) is 12.1. The van der Waals surface area contributed by atoms with Crippen molar-refractivity contribution < 1.29 is 8.42 Å². The van der Waals surface area contributed by atoms with Gasteiger partial charge in [0.05, 0.1) is 29.8 Å². The summed E-state index contributed by atoms with van der Waals surface area (Å²) in [6, 6.07) is 19.3. The summed E-state index contributed by atoms with van der Waals surface area (Å²) in [6.45, 7) is 2.84. The number of aryl methyl sites for hydroxylation is 2. The van der Waals surface area contributed by atoms with E-state index in [4.69, 9.17) is 0 Å². The molecule has 0 N–H and O–H groups in total. The summed E-state index contributed by atoms with van der Waals surface area (Å²) in [5.41, 5.74) is 4.55. The second kappa shape index (κ2) is 9.55. The van der Waals surface area contributed by atoms with Gasteiger partial charge in [-0.3, -0.25) is 4.79 Å². The fraction of sp³-hybridized carbons (Fsp3) is 0.241. The highest BCUT2D eigenvalue weighted by atomic mass is 32.2. The predicted octanol–water partition coefficient (Wildman–Crippen LogP) is 3.40. The molecule has 10 heteroatoms. The van der Waals surface area contributed by atoms with Gasteiger partial charge in [0.25, 0.3) is 0 Å². The molecular formula is C29H28N6O3S. The Morgan fingerprint density at radius 2 is 1.82 bits per heavy atom. The van der Waals surface area contributed by atoms with Crippen molar-refractivity contribution in [3.05, 3.63) is 112 Å². The van der Waals surface area contributed by atoms with Gasteiger partial charge in [-0.2, -0.15) is 19.6 Å². The van der Waals surface area contributed by atoms with Crippen LogP contribution in [0.1, 0.15) is 23.1 Å². The average molecular weight is 541 g/mol. The Bertz CT molecular complexity index is 1830. The van der Waals surface area contributed by atoms with E-state index >= 15 is 0 Å². The van der Waals surface area contributed by atoms with Crippen molar-refractivity contribution in [3.63, 3.8) is 0 Å². The van der Waals surface area contributed by atoms with Crippen LogP contribution in [0.25, 0.3) is 16.6 Å². The molecule has 1 unspecified atom stereocenters. The van der Waals surface area contributed by atoms with E-state index < -0.39 is 15.4 Å². The fourth-order valence-corrected chi connectivity index (χ4v) is 7.19. The van der Waals surface area contributed by atoms with Gasteiger partial charge in [-0.05, 0) is 60.7 Å². The molecule has 3 aromatic heterocycles. The Morgan fingerprint density at radius 1 is 1.00 bits per heavy atom. The SMILES string of the molecule is Cc1cc2c(cnn2-c2ccc(=O)n(C)c2)cc1C1(Cc2ccccc2)CCN(S(=O)(=O)c2ccnnc2)C1. The van der Waals surface area contributed by atoms with Gasteiger partial charge in [0.2, 0.25) is 15.6 Å². The smallest absolute Gasteiger partial charge is 0.250 e. The molecule has 6 rings (SSSR count). The number of pyridine rings is 1. The summed E-state index contributed by atoms with van der Waals surface area (Å²) in [6.07, 6.45) is 7.68. The van der Waals surface area contributed by atoms with E-state index in [2.05, 4.69) is 46.5 Å². The number of hydrogen-bond acceptors (Lipinski definition) is 6. The highest BCUT2D eigenvalue weighted by molar-refractivity contribution is 7.89. The Hall–Kier alpha value is -4.15. The quantitative estimate of drug-likeness (QED) is 0.327. The summed E-state index contributed by atoms with van der Waals surface area (Å²) >= 11 is 0. The van der Waals surface area contributed by atoms with E-state index in [9.17, 15) is 13.2 Å². The first-order valence-corrected chi connectivity index (χ1v) is 14.2. The first-order chi connectivity index (χ1) is 18.8. The zero-order chi connectivity index (χ0) is 27.2. The van der Waals surface area contributed by atoms with Crippen molar-refractivity contribution in [2.75, 3.05) is 13.1 Å². The van der Waals surface area contributed by atoms with Crippen LogP contribution in [0.15, 0.2) is 95.1 Å². The lowest BCUT2D eigenvalue weighted by Gasteiger charge is -2.32. The third-order valence-electron chi connectivity index (χ3n) is 7.70. The lowest BCUT2D eigenvalue weighted by atomic mass is 9.73. The summed E-state index contributed by atoms with van der Waals surface area (Å²) in [7, 11) is -2.00. The normalized spacial score (nSPS) is 18.1. The molecule has 5 aromatic rings. The first kappa shape index (κ1) is 25.1. The molecule has 1 aliphatic rings. The van der Waals surface area contributed by atoms with Gasteiger partial charge in [0.1, 0.15) is 4.90 Å². The van der Waals surface area contributed by atoms with Crippen molar-refractivity contribution in [1.82, 2.24) is 28.9 Å². The van der Waals surface area contributed by atoms with Crippen molar-refractivity contribution in [2.45, 2.75) is 30.1 Å². The number of fused-ring (bicyclic) bond motifs is 1. The lowest BCUT2D eigenvalue weighted by molar-refractivity contribution is 0.413. The van der Waals surface area contributed by atoms with E-state index in [1.807, 2.05) is 29.1 Å². The summed E-state index contributed by atoms with van der Waals surface area (Å²) in [5, 5.41) is 13.1. The van der Waals surface area contributed by atoms with Crippen LogP contribution in [0.4, 0.5) is 0 Å². The zero-order valence-corrected chi connectivity index (χ0v) is 22.5. The topological polar surface area (TPSA) is 103 Å². The summed E-state index contributed by atoms with van der Waals surface area (Å²) in [5.74, 6) is 0. The Morgan fingerprint density at radius 3 is 2.56 bits per heavy atom. The number of aromatic nitrogens is 5. The van der Waals surface area contributed by atoms with Gasteiger partial charge in [-0.15, -0.1) is 0 Å². The average Bonchev–Trinajstić information content (AvgIpc) is 3.56. The third kappa shape index (κ3) is 4.45. The second-order valence-electron chi connectivity index (χ2n) is 10.2. The molecule has 9 nitrogen and oxygen atoms in total. The molecule has 198 valence electrons. The van der Waals surface area contributed by atoms with Crippen LogP contribution in [0.2, 0.25) is 0 Å². The van der Waals surface area contributed by atoms with Gasteiger partial charge in [-0.1, -0.05) is 30.3 Å². The van der Waals surface area contributed by atoms with E-state index in [1.54, 1.807) is 23.6 Å². The van der Waals surface area contributed by atoms with Crippen molar-refractivity contribution in [1.29, 1.82) is 0 Å². The molecule has 1 atom stereocenters. The van der Waals surface area contributed by atoms with Crippen LogP contribution >= 0.6 is 0 Å². The predicted molar refractivity (Wildman–Crippen MR) is 148 cm³/mol. The van der Waals surface area contributed by atoms with Gasteiger partial charge in [-0.25, -0.2) is 13.1 Å². The highest BCUT2D eigenvalue weighted by Gasteiger charge is 2.45. The molecule has 1 fully saturated rings. The molecule has 0 spiro atoms. The van der Waals surface area contributed by atoms with Crippen LogP contribution in [-0.4, -0.2) is 50.4 Å². The van der Waals surface area contributed by atoms with E-state index in [-0.39, 0.29) is 10.5 Å². The van der Waals surface area contributed by atoms with Gasteiger partial charge in [0, 0.05) is 43.2 Å². The maximum absolute atomic E-state index is 13.5. The molecule has 1 saturated heterocycles. The Labute approximate surface area is 226 Å². The zero-order valence-electron chi connectivity index (χ0n) is 21.7. The third-order valence-corrected chi connectivity index (χ3v) is 9.53. The molecular weight excluding hydrogens is 512 g/mol. The van der Waals surface area contributed by atoms with Crippen LogP contribution in [0.5, 0.6) is 0 Å². The standard InChI is InChI=1S/C29H28N6O3S/c1-21-14-27-23(17-32-35(27)24-8-9-28(36)33(2)19-24)15-26(21)29(16-22-6-4-3-5-7-22)11-13-34(20-29)39(37,38)25-10-12-30-31-18-25/h3-10,12,14-15,17-19H,11,13,16,20H2,1-2H3. The van der Waals surface area contributed by atoms with E-state index in [0.29, 0.717) is 25.9 Å². The fourth-order valence-electron chi connectivity index (χ4n) is 5.73. The molecule has 39 heavy (non-hydrogen) atoms. The number of benzene rings is 2. The lowest BCUT2D eigenvalue weighted by Crippen LogP contribution is -2.36. The van der Waals surface area contributed by atoms with Crippen molar-refractivity contribution in [3.8, 4) is 5.69 Å². The first-order valence-electron chi connectivity index (χ1n) is 12.7. The number of nitrogens with zero attached hydrogens (tertiary/aromatic N) is 6. The molecule has 0 saturated carbocycles. The maximum atomic E-state index is 13.5. The Kier molecular flexibility index (Phi) is 6.16. The van der Waals surface area contributed by atoms with Crippen molar-refractivity contribution >= 4 is 20.9 Å². The molecule has 4 heterocycles. The molecule has 0 radical (unpaired) electrons. The minimum Gasteiger partial charge on any atom is -0.316 e. The van der Waals surface area contributed by atoms with Gasteiger partial charge in [0.15, 0.2) is 0 Å². The van der Waals surface area contributed by atoms with Crippen molar-refractivity contribution in [2.24, 2.45) is 7.05 Å². The van der Waals surface area contributed by atoms with E-state index in [1.165, 1.54) is 29.1 Å². The monoisotopic (exact) mass is 540 g/mol. The van der Waals surface area contributed by atoms with Crippen LogP contribution in [-0.2, 0) is 28.9 Å². The maximum Gasteiger partial charge on any atom is 0.250 e.